The zero-order chi connectivity index (χ0) is 16.3. The van der Waals surface area contributed by atoms with E-state index in [9.17, 15) is 9.90 Å². The summed E-state index contributed by atoms with van der Waals surface area (Å²) in [5, 5.41) is 13.9. The average Bonchev–Trinajstić information content (AvgIpc) is 3.08. The van der Waals surface area contributed by atoms with Crippen LogP contribution in [0, 0.1) is 0 Å². The summed E-state index contributed by atoms with van der Waals surface area (Å²) in [4.78, 5) is 14.4. The van der Waals surface area contributed by atoms with Crippen LogP contribution in [0.3, 0.4) is 0 Å². The molecule has 1 aromatic carbocycles. The summed E-state index contributed by atoms with van der Waals surface area (Å²) in [6, 6.07) is 8.54. The summed E-state index contributed by atoms with van der Waals surface area (Å²) in [7, 11) is 2.01. The lowest BCUT2D eigenvalue weighted by molar-refractivity contribution is -0.123. The summed E-state index contributed by atoms with van der Waals surface area (Å²) in [5.74, 6) is 2.30. The number of likely N-dealkylation sites (N-methyl/N-ethyl adjacent to an activating group) is 1. The van der Waals surface area contributed by atoms with Crippen LogP contribution in [0.5, 0.6) is 0 Å². The number of nitrogens with one attached hydrogen (secondary N) is 1. The summed E-state index contributed by atoms with van der Waals surface area (Å²) in [5.41, 5.74) is 1.26. The topological polar surface area (TPSA) is 52.6 Å². The molecule has 2 aliphatic rings. The average molecular weight is 334 g/mol. The molecule has 2 N–H and O–H groups in total. The van der Waals surface area contributed by atoms with Gasteiger partial charge >= 0.3 is 0 Å². The van der Waals surface area contributed by atoms with Gasteiger partial charge in [0.05, 0.1) is 13.1 Å². The fraction of sp³-hybridized carbons (Fsp3) is 0.611. The van der Waals surface area contributed by atoms with Crippen LogP contribution in [0.2, 0.25) is 0 Å². The van der Waals surface area contributed by atoms with E-state index in [1.165, 1.54) is 11.3 Å². The smallest absolute Gasteiger partial charge is 0.234 e. The second-order valence-electron chi connectivity index (χ2n) is 6.75. The highest BCUT2D eigenvalue weighted by Gasteiger charge is 2.34. The Morgan fingerprint density at radius 1 is 1.48 bits per heavy atom. The van der Waals surface area contributed by atoms with Crippen LogP contribution >= 0.6 is 11.8 Å². The molecule has 0 radical (unpaired) electrons. The Labute approximate surface area is 142 Å². The predicted octanol–water partition coefficient (Wildman–Crippen LogP) is 1.76. The minimum Gasteiger partial charge on any atom is -0.383 e. The van der Waals surface area contributed by atoms with Gasteiger partial charge in [-0.3, -0.25) is 9.69 Å². The molecule has 1 aliphatic heterocycles. The Hall–Kier alpha value is -1.04. The van der Waals surface area contributed by atoms with E-state index in [0.717, 1.165) is 30.6 Å². The van der Waals surface area contributed by atoms with E-state index in [-0.39, 0.29) is 5.91 Å². The Balaban J connectivity index is 1.56. The van der Waals surface area contributed by atoms with Crippen LogP contribution in [0.25, 0.3) is 0 Å². The number of aliphatic hydroxyl groups is 1. The lowest BCUT2D eigenvalue weighted by Gasteiger charge is -2.35. The molecule has 1 amide bonds. The third-order valence-electron chi connectivity index (χ3n) is 5.06. The number of hydrogen-bond acceptors (Lipinski definition) is 4. The third kappa shape index (κ3) is 3.90. The van der Waals surface area contributed by atoms with E-state index in [2.05, 4.69) is 16.3 Å². The molecule has 2 atom stereocenters. The van der Waals surface area contributed by atoms with E-state index in [4.69, 9.17) is 0 Å². The van der Waals surface area contributed by atoms with E-state index < -0.39 is 5.60 Å². The van der Waals surface area contributed by atoms with Crippen molar-refractivity contribution in [2.24, 2.45) is 0 Å². The molecule has 1 heterocycles. The van der Waals surface area contributed by atoms with Crippen molar-refractivity contribution in [2.45, 2.75) is 37.3 Å². The van der Waals surface area contributed by atoms with E-state index in [0.29, 0.717) is 25.6 Å². The first-order chi connectivity index (χ1) is 11.1. The molecule has 0 bridgehead atoms. The highest BCUT2D eigenvalue weighted by atomic mass is 32.2. The number of nitrogens with zero attached hydrogens (tertiary/aromatic N) is 1. The van der Waals surface area contributed by atoms with Gasteiger partial charge in [-0.05, 0) is 49.6 Å². The van der Waals surface area contributed by atoms with Crippen molar-refractivity contribution < 1.29 is 9.90 Å². The molecule has 0 aromatic heterocycles. The Kier molecular flexibility index (Phi) is 5.29. The first-order valence-corrected chi connectivity index (χ1v) is 9.59. The number of carbonyl (C=O) groups is 1. The number of thioether (sulfide) groups is 1. The molecule has 4 nitrogen and oxygen atoms in total. The zero-order valence-electron chi connectivity index (χ0n) is 13.8. The number of fused-ring (bicyclic) bond motifs is 1. The highest BCUT2D eigenvalue weighted by Crippen LogP contribution is 2.34. The quantitative estimate of drug-likeness (QED) is 0.862. The maximum absolute atomic E-state index is 12.2. The third-order valence-corrected chi connectivity index (χ3v) is 6.20. The van der Waals surface area contributed by atoms with Gasteiger partial charge in [-0.2, -0.15) is 11.8 Å². The van der Waals surface area contributed by atoms with Crippen molar-refractivity contribution in [1.82, 2.24) is 10.2 Å². The molecule has 0 unspecified atom stereocenters. The van der Waals surface area contributed by atoms with Gasteiger partial charge in [-0.25, -0.2) is 0 Å². The highest BCUT2D eigenvalue weighted by molar-refractivity contribution is 7.99. The Bertz CT molecular complexity index is 560. The molecule has 0 spiro atoms. The number of aryl methyl sites for hydroxylation is 1. The molecular weight excluding hydrogens is 308 g/mol. The Morgan fingerprint density at radius 3 is 3.09 bits per heavy atom. The number of rotatable bonds is 5. The minimum absolute atomic E-state index is 0.000814. The first kappa shape index (κ1) is 16.8. The number of hydrogen-bond donors (Lipinski definition) is 2. The van der Waals surface area contributed by atoms with Gasteiger partial charge in [-0.15, -0.1) is 0 Å². The predicted molar refractivity (Wildman–Crippen MR) is 94.6 cm³/mol. The maximum atomic E-state index is 12.2. The summed E-state index contributed by atoms with van der Waals surface area (Å²) in [6.07, 6.45) is 3.84. The fourth-order valence-electron chi connectivity index (χ4n) is 3.61. The zero-order valence-corrected chi connectivity index (χ0v) is 14.6. The summed E-state index contributed by atoms with van der Waals surface area (Å²) >= 11 is 1.95. The van der Waals surface area contributed by atoms with Crippen LogP contribution in [-0.2, 0) is 16.8 Å². The fourth-order valence-corrected chi connectivity index (χ4v) is 4.91. The molecule has 3 rings (SSSR count). The number of benzene rings is 1. The van der Waals surface area contributed by atoms with Crippen molar-refractivity contribution in [3.8, 4) is 0 Å². The van der Waals surface area contributed by atoms with Crippen LogP contribution < -0.4 is 5.32 Å². The second kappa shape index (κ2) is 7.24. The molecule has 1 aliphatic carbocycles. The SMILES string of the molecule is CN(CC(=O)NC[C@@]1(O)CCCc2ccccc21)[C@@H]1CCSC1. The Morgan fingerprint density at radius 2 is 2.30 bits per heavy atom. The van der Waals surface area contributed by atoms with Crippen molar-refractivity contribution in [3.05, 3.63) is 35.4 Å². The van der Waals surface area contributed by atoms with Crippen molar-refractivity contribution >= 4 is 17.7 Å². The van der Waals surface area contributed by atoms with Crippen molar-refractivity contribution in [3.63, 3.8) is 0 Å². The second-order valence-corrected chi connectivity index (χ2v) is 7.90. The molecule has 1 fully saturated rings. The van der Waals surface area contributed by atoms with Gasteiger partial charge < -0.3 is 10.4 Å². The minimum atomic E-state index is -0.924. The first-order valence-electron chi connectivity index (χ1n) is 8.44. The maximum Gasteiger partial charge on any atom is 0.234 e. The van der Waals surface area contributed by atoms with Gasteiger partial charge in [0, 0.05) is 11.8 Å². The molecule has 1 aromatic rings. The number of carbonyl (C=O) groups excluding carboxylic acids is 1. The summed E-state index contributed by atoms with van der Waals surface area (Å²) < 4.78 is 0. The van der Waals surface area contributed by atoms with Gasteiger partial charge in [0.25, 0.3) is 0 Å². The van der Waals surface area contributed by atoms with Gasteiger partial charge in [0.2, 0.25) is 5.91 Å². The van der Waals surface area contributed by atoms with Gasteiger partial charge in [-0.1, -0.05) is 24.3 Å². The monoisotopic (exact) mass is 334 g/mol. The van der Waals surface area contributed by atoms with Crippen LogP contribution in [0.1, 0.15) is 30.4 Å². The normalized spacial score (nSPS) is 27.0. The molecule has 23 heavy (non-hydrogen) atoms. The van der Waals surface area contributed by atoms with Gasteiger partial charge in [0.15, 0.2) is 0 Å². The molecular formula is C18H26N2O2S. The standard InChI is InChI=1S/C18H26N2O2S/c1-20(15-8-10-23-12-15)11-17(21)19-13-18(22)9-4-6-14-5-2-3-7-16(14)18/h2-3,5,7,15,22H,4,6,8-13H2,1H3,(H,19,21)/t15-,18+/m1/s1. The lowest BCUT2D eigenvalue weighted by Crippen LogP contribution is -2.46. The lowest BCUT2D eigenvalue weighted by atomic mass is 9.79. The molecule has 0 saturated carbocycles. The van der Waals surface area contributed by atoms with Crippen LogP contribution in [0.4, 0.5) is 0 Å². The van der Waals surface area contributed by atoms with Crippen LogP contribution in [0.15, 0.2) is 24.3 Å². The largest absolute Gasteiger partial charge is 0.383 e. The van der Waals surface area contributed by atoms with E-state index >= 15 is 0 Å². The summed E-state index contributed by atoms with van der Waals surface area (Å²) in [6.45, 7) is 0.707. The molecule has 1 saturated heterocycles. The van der Waals surface area contributed by atoms with Crippen molar-refractivity contribution in [2.75, 3.05) is 31.6 Å². The number of amides is 1. The molecule has 5 heteroatoms. The van der Waals surface area contributed by atoms with Crippen molar-refractivity contribution in [1.29, 1.82) is 0 Å². The molecule has 126 valence electrons. The van der Waals surface area contributed by atoms with Crippen LogP contribution in [-0.4, -0.2) is 53.6 Å². The van der Waals surface area contributed by atoms with E-state index in [1.807, 2.05) is 37.0 Å². The van der Waals surface area contributed by atoms with Gasteiger partial charge in [0.1, 0.15) is 5.60 Å². The van der Waals surface area contributed by atoms with E-state index in [1.54, 1.807) is 0 Å².